The summed E-state index contributed by atoms with van der Waals surface area (Å²) in [4.78, 5) is 28.6. The number of ether oxygens (including phenoxy) is 2. The average Bonchev–Trinajstić information content (AvgIpc) is 3.56. The first kappa shape index (κ1) is 21.3. The summed E-state index contributed by atoms with van der Waals surface area (Å²) in [5.74, 6) is -0.555. The molecule has 0 atom stereocenters. The van der Waals surface area contributed by atoms with Gasteiger partial charge in [-0.2, -0.15) is 0 Å². The van der Waals surface area contributed by atoms with E-state index in [1.54, 1.807) is 45.3 Å². The molecule has 8 heteroatoms. The zero-order valence-electron chi connectivity index (χ0n) is 17.3. The maximum atomic E-state index is 12.3. The molecule has 4 heterocycles. The van der Waals surface area contributed by atoms with Crippen LogP contribution in [-0.2, 0) is 9.47 Å². The number of thiophene rings is 4. The summed E-state index contributed by atoms with van der Waals surface area (Å²) in [7, 11) is 0. The van der Waals surface area contributed by atoms with Crippen molar-refractivity contribution in [3.8, 4) is 19.5 Å². The zero-order chi connectivity index (χ0) is 22.2. The first-order chi connectivity index (χ1) is 15.6. The number of hydrogen-bond donors (Lipinski definition) is 0. The van der Waals surface area contributed by atoms with Gasteiger partial charge >= 0.3 is 11.9 Å². The SMILES string of the molecule is CCOC(=O)c1ccsc1-c1cc2cc3sc(-c4sccc4C(=O)OCC)cc3cc2s1. The highest BCUT2D eigenvalue weighted by Crippen LogP contribution is 2.43. The molecule has 5 rings (SSSR count). The highest BCUT2D eigenvalue weighted by atomic mass is 32.1. The Kier molecular flexibility index (Phi) is 5.86. The Morgan fingerprint density at radius 2 is 1.16 bits per heavy atom. The minimum atomic E-state index is -0.278. The zero-order valence-corrected chi connectivity index (χ0v) is 20.6. The van der Waals surface area contributed by atoms with Crippen LogP contribution in [0.4, 0.5) is 0 Å². The number of hydrogen-bond acceptors (Lipinski definition) is 8. The molecule has 32 heavy (non-hydrogen) atoms. The van der Waals surface area contributed by atoms with Crippen molar-refractivity contribution in [3.63, 3.8) is 0 Å². The van der Waals surface area contributed by atoms with Crippen molar-refractivity contribution < 1.29 is 19.1 Å². The van der Waals surface area contributed by atoms with Crippen LogP contribution >= 0.6 is 45.3 Å². The summed E-state index contributed by atoms with van der Waals surface area (Å²) in [6.45, 7) is 4.36. The number of rotatable bonds is 6. The van der Waals surface area contributed by atoms with Gasteiger partial charge in [-0.05, 0) is 71.8 Å². The third kappa shape index (κ3) is 3.77. The molecule has 0 spiro atoms. The van der Waals surface area contributed by atoms with Crippen LogP contribution in [0, 0.1) is 0 Å². The predicted molar refractivity (Wildman–Crippen MR) is 136 cm³/mol. The number of benzene rings is 1. The molecule has 4 aromatic heterocycles. The fourth-order valence-electron chi connectivity index (χ4n) is 3.54. The van der Waals surface area contributed by atoms with E-state index in [-0.39, 0.29) is 11.9 Å². The van der Waals surface area contributed by atoms with Gasteiger partial charge in [0.1, 0.15) is 0 Å². The Bertz CT molecular complexity index is 1290. The summed E-state index contributed by atoms with van der Waals surface area (Å²) in [6.07, 6.45) is 0. The molecule has 0 N–H and O–H groups in total. The normalized spacial score (nSPS) is 11.3. The van der Waals surface area contributed by atoms with Crippen LogP contribution in [0.15, 0.2) is 47.2 Å². The fraction of sp³-hybridized carbons (Fsp3) is 0.167. The lowest BCUT2D eigenvalue weighted by molar-refractivity contribution is 0.0518. The Morgan fingerprint density at radius 3 is 1.56 bits per heavy atom. The van der Waals surface area contributed by atoms with Crippen molar-refractivity contribution in [2.45, 2.75) is 13.8 Å². The van der Waals surface area contributed by atoms with Crippen LogP contribution in [0.2, 0.25) is 0 Å². The third-order valence-electron chi connectivity index (χ3n) is 4.92. The van der Waals surface area contributed by atoms with Crippen LogP contribution in [-0.4, -0.2) is 25.2 Å². The van der Waals surface area contributed by atoms with E-state index in [1.165, 1.54) is 0 Å². The summed E-state index contributed by atoms with van der Waals surface area (Å²) in [6, 6.07) is 12.3. The highest BCUT2D eigenvalue weighted by molar-refractivity contribution is 7.27. The lowest BCUT2D eigenvalue weighted by atomic mass is 10.1. The number of esters is 2. The lowest BCUT2D eigenvalue weighted by Crippen LogP contribution is -2.03. The third-order valence-corrected chi connectivity index (χ3v) is 9.31. The Hall–Kier alpha value is -2.52. The van der Waals surface area contributed by atoms with E-state index in [1.807, 2.05) is 36.7 Å². The van der Waals surface area contributed by atoms with Crippen molar-refractivity contribution in [3.05, 3.63) is 58.3 Å². The van der Waals surface area contributed by atoms with E-state index in [0.29, 0.717) is 24.3 Å². The predicted octanol–water partition coefficient (Wildman–Crippen LogP) is 7.93. The fourth-order valence-corrected chi connectivity index (χ4v) is 7.76. The molecule has 0 fully saturated rings. The molecule has 0 aliphatic rings. The summed E-state index contributed by atoms with van der Waals surface area (Å²) >= 11 is 6.47. The second kappa shape index (κ2) is 8.78. The minimum Gasteiger partial charge on any atom is -0.462 e. The van der Waals surface area contributed by atoms with Gasteiger partial charge in [0.15, 0.2) is 0 Å². The average molecular weight is 499 g/mol. The van der Waals surface area contributed by atoms with Crippen molar-refractivity contribution in [2.75, 3.05) is 13.2 Å². The molecule has 0 unspecified atom stereocenters. The monoisotopic (exact) mass is 498 g/mol. The molecule has 1 aromatic carbocycles. The van der Waals surface area contributed by atoms with Crippen LogP contribution in [0.25, 0.3) is 39.7 Å². The molecule has 0 aliphatic carbocycles. The molecular weight excluding hydrogens is 481 g/mol. The molecule has 162 valence electrons. The number of fused-ring (bicyclic) bond motifs is 2. The first-order valence-corrected chi connectivity index (χ1v) is 13.4. The van der Waals surface area contributed by atoms with Gasteiger partial charge < -0.3 is 9.47 Å². The topological polar surface area (TPSA) is 52.6 Å². The van der Waals surface area contributed by atoms with Gasteiger partial charge in [0.25, 0.3) is 0 Å². The second-order valence-corrected chi connectivity index (χ2v) is 10.9. The summed E-state index contributed by atoms with van der Waals surface area (Å²) in [5.41, 5.74) is 1.24. The first-order valence-electron chi connectivity index (χ1n) is 10.1. The molecule has 0 amide bonds. The van der Waals surface area contributed by atoms with E-state index in [9.17, 15) is 9.59 Å². The van der Waals surface area contributed by atoms with E-state index in [2.05, 4.69) is 24.3 Å². The van der Waals surface area contributed by atoms with Crippen molar-refractivity contribution in [1.82, 2.24) is 0 Å². The van der Waals surface area contributed by atoms with Gasteiger partial charge in [0.2, 0.25) is 0 Å². The highest BCUT2D eigenvalue weighted by Gasteiger charge is 2.19. The van der Waals surface area contributed by atoms with Crippen molar-refractivity contribution in [1.29, 1.82) is 0 Å². The lowest BCUT2D eigenvalue weighted by Gasteiger charge is -2.01. The van der Waals surface area contributed by atoms with Crippen LogP contribution in [0.3, 0.4) is 0 Å². The molecule has 0 radical (unpaired) electrons. The van der Waals surface area contributed by atoms with Crippen LogP contribution in [0.5, 0.6) is 0 Å². The second-order valence-electron chi connectivity index (χ2n) is 6.92. The van der Waals surface area contributed by atoms with Gasteiger partial charge in [0.05, 0.1) is 34.1 Å². The number of carbonyl (C=O) groups excluding carboxylic acids is 2. The summed E-state index contributed by atoms with van der Waals surface area (Å²) < 4.78 is 12.7. The molecule has 0 bridgehead atoms. The van der Waals surface area contributed by atoms with Gasteiger partial charge in [-0.3, -0.25) is 0 Å². The molecule has 0 saturated carbocycles. The molecular formula is C24H18O4S4. The molecule has 0 aliphatic heterocycles. The van der Waals surface area contributed by atoms with Gasteiger partial charge in [-0.15, -0.1) is 45.3 Å². The summed E-state index contributed by atoms with van der Waals surface area (Å²) in [5, 5.41) is 6.15. The number of carbonyl (C=O) groups is 2. The molecule has 5 aromatic rings. The van der Waals surface area contributed by atoms with Gasteiger partial charge in [-0.25, -0.2) is 9.59 Å². The van der Waals surface area contributed by atoms with Gasteiger partial charge in [0, 0.05) is 19.2 Å². The Balaban J connectivity index is 1.53. The molecule has 4 nitrogen and oxygen atoms in total. The maximum absolute atomic E-state index is 12.3. The van der Waals surface area contributed by atoms with E-state index < -0.39 is 0 Å². The smallest absolute Gasteiger partial charge is 0.339 e. The standard InChI is InChI=1S/C24H18O4S4/c1-3-27-23(25)15-5-7-29-21(15)19-11-13-9-18-14(10-17(13)31-19)12-20(32-18)22-16(6-8-30-22)24(26)28-4-2/h5-12H,3-4H2,1-2H3. The Morgan fingerprint density at radius 1 is 0.719 bits per heavy atom. The Labute approximate surface area is 200 Å². The van der Waals surface area contributed by atoms with E-state index >= 15 is 0 Å². The van der Waals surface area contributed by atoms with E-state index in [0.717, 1.165) is 39.7 Å². The minimum absolute atomic E-state index is 0.278. The maximum Gasteiger partial charge on any atom is 0.339 e. The van der Waals surface area contributed by atoms with Crippen molar-refractivity contribution in [2.24, 2.45) is 0 Å². The quantitative estimate of drug-likeness (QED) is 0.223. The van der Waals surface area contributed by atoms with Gasteiger partial charge in [-0.1, -0.05) is 0 Å². The van der Waals surface area contributed by atoms with Crippen LogP contribution in [0.1, 0.15) is 34.6 Å². The molecule has 0 saturated heterocycles. The van der Waals surface area contributed by atoms with Crippen molar-refractivity contribution >= 4 is 77.5 Å². The van der Waals surface area contributed by atoms with E-state index in [4.69, 9.17) is 9.47 Å². The van der Waals surface area contributed by atoms with Crippen LogP contribution < -0.4 is 0 Å². The largest absolute Gasteiger partial charge is 0.462 e.